The van der Waals surface area contributed by atoms with Crippen LogP contribution in [0.4, 0.5) is 5.13 Å². The van der Waals surface area contributed by atoms with Gasteiger partial charge in [-0.15, -0.1) is 10.2 Å². The molecule has 0 saturated heterocycles. The van der Waals surface area contributed by atoms with E-state index < -0.39 is 0 Å². The van der Waals surface area contributed by atoms with Crippen LogP contribution in [0.5, 0.6) is 0 Å². The monoisotopic (exact) mass is 429 g/mol. The summed E-state index contributed by atoms with van der Waals surface area (Å²) in [6, 6.07) is 13.6. The molecule has 0 aliphatic heterocycles. The number of rotatable bonds is 6. The summed E-state index contributed by atoms with van der Waals surface area (Å²) in [6.45, 7) is 0.441. The summed E-state index contributed by atoms with van der Waals surface area (Å²) in [6.07, 6.45) is 4.30. The van der Waals surface area contributed by atoms with Gasteiger partial charge in [-0.3, -0.25) is 4.98 Å². The highest BCUT2D eigenvalue weighted by molar-refractivity contribution is 7.18. The Morgan fingerprint density at radius 2 is 1.93 bits per heavy atom. The Morgan fingerprint density at radius 3 is 2.75 bits per heavy atom. The van der Waals surface area contributed by atoms with Crippen LogP contribution in [0.2, 0.25) is 10.0 Å². The molecule has 2 aromatic heterocycles. The third-order valence-corrected chi connectivity index (χ3v) is 5.90. The van der Waals surface area contributed by atoms with Crippen LogP contribution in [0.25, 0.3) is 21.3 Å². The number of aromatic nitrogens is 3. The van der Waals surface area contributed by atoms with Crippen molar-refractivity contribution in [3.63, 3.8) is 0 Å². The van der Waals surface area contributed by atoms with E-state index in [1.807, 2.05) is 36.5 Å². The number of benzene rings is 2. The van der Waals surface area contributed by atoms with Crippen LogP contribution in [0.15, 0.2) is 54.9 Å². The van der Waals surface area contributed by atoms with Gasteiger partial charge in [-0.1, -0.05) is 52.7 Å². The number of anilines is 1. The largest absolute Gasteiger partial charge is 0.356 e. The lowest BCUT2D eigenvalue weighted by molar-refractivity contribution is 0.721. The van der Waals surface area contributed by atoms with Gasteiger partial charge in [0, 0.05) is 46.0 Å². The molecular formula is C20H17Cl2N5S. The topological polar surface area (TPSA) is 76.7 Å². The first-order valence-corrected chi connectivity index (χ1v) is 10.3. The van der Waals surface area contributed by atoms with Gasteiger partial charge in [-0.05, 0) is 41.6 Å². The predicted octanol–water partition coefficient (Wildman–Crippen LogP) is 5.04. The van der Waals surface area contributed by atoms with Crippen LogP contribution in [0, 0.1) is 0 Å². The van der Waals surface area contributed by atoms with E-state index in [-0.39, 0.29) is 6.04 Å². The summed E-state index contributed by atoms with van der Waals surface area (Å²) >= 11 is 13.7. The maximum atomic E-state index is 6.28. The number of pyridine rings is 1. The zero-order chi connectivity index (χ0) is 19.5. The van der Waals surface area contributed by atoms with E-state index in [2.05, 4.69) is 26.6 Å². The fourth-order valence-electron chi connectivity index (χ4n) is 2.94. The van der Waals surface area contributed by atoms with E-state index in [9.17, 15) is 0 Å². The van der Waals surface area contributed by atoms with E-state index in [0.717, 1.165) is 32.0 Å². The molecule has 2 heterocycles. The normalized spacial score (nSPS) is 12.2. The second kappa shape index (κ2) is 8.41. The summed E-state index contributed by atoms with van der Waals surface area (Å²) in [4.78, 5) is 4.14. The molecule has 28 heavy (non-hydrogen) atoms. The SMILES string of the molecule is NC[C@@H](Cc1ccc(Cl)cc1Cl)Nc1nnc(-c2ccc3cnccc3c2)s1. The van der Waals surface area contributed by atoms with Crippen LogP contribution in [0.3, 0.4) is 0 Å². The van der Waals surface area contributed by atoms with Crippen molar-refractivity contribution < 1.29 is 0 Å². The first-order valence-electron chi connectivity index (χ1n) is 8.70. The average molecular weight is 430 g/mol. The van der Waals surface area contributed by atoms with Crippen molar-refractivity contribution in [2.24, 2.45) is 5.73 Å². The molecule has 0 fully saturated rings. The number of nitrogens with two attached hydrogens (primary N) is 1. The molecule has 0 radical (unpaired) electrons. The Hall–Kier alpha value is -2.25. The van der Waals surface area contributed by atoms with Crippen molar-refractivity contribution in [1.82, 2.24) is 15.2 Å². The van der Waals surface area contributed by atoms with Crippen molar-refractivity contribution in [3.8, 4) is 10.6 Å². The molecule has 0 bridgehead atoms. The van der Waals surface area contributed by atoms with Crippen molar-refractivity contribution in [3.05, 3.63) is 70.5 Å². The van der Waals surface area contributed by atoms with E-state index >= 15 is 0 Å². The zero-order valence-corrected chi connectivity index (χ0v) is 17.1. The van der Waals surface area contributed by atoms with Crippen LogP contribution in [0.1, 0.15) is 5.56 Å². The molecule has 4 rings (SSSR count). The predicted molar refractivity (Wildman–Crippen MR) is 117 cm³/mol. The van der Waals surface area contributed by atoms with Crippen molar-refractivity contribution in [2.45, 2.75) is 12.5 Å². The minimum absolute atomic E-state index is 0.0119. The first kappa shape index (κ1) is 19.1. The molecule has 4 aromatic rings. The second-order valence-corrected chi connectivity index (χ2v) is 8.19. The Balaban J connectivity index is 1.51. The quantitative estimate of drug-likeness (QED) is 0.448. The number of hydrogen-bond acceptors (Lipinski definition) is 6. The zero-order valence-electron chi connectivity index (χ0n) is 14.8. The molecule has 0 aliphatic carbocycles. The van der Waals surface area contributed by atoms with Gasteiger partial charge in [0.05, 0.1) is 0 Å². The van der Waals surface area contributed by atoms with Gasteiger partial charge >= 0.3 is 0 Å². The summed E-state index contributed by atoms with van der Waals surface area (Å²) in [5.74, 6) is 0. The molecule has 0 saturated carbocycles. The molecule has 0 aliphatic rings. The maximum absolute atomic E-state index is 6.28. The lowest BCUT2D eigenvalue weighted by Gasteiger charge is -2.16. The number of fused-ring (bicyclic) bond motifs is 1. The summed E-state index contributed by atoms with van der Waals surface area (Å²) in [7, 11) is 0. The Kier molecular flexibility index (Phi) is 5.73. The van der Waals surface area contributed by atoms with Gasteiger partial charge in [0.25, 0.3) is 0 Å². The minimum atomic E-state index is -0.0119. The van der Waals surface area contributed by atoms with E-state index in [1.54, 1.807) is 12.3 Å². The van der Waals surface area contributed by atoms with Crippen LogP contribution in [-0.4, -0.2) is 27.8 Å². The molecule has 0 unspecified atom stereocenters. The van der Waals surface area contributed by atoms with Crippen LogP contribution in [-0.2, 0) is 6.42 Å². The third kappa shape index (κ3) is 4.25. The highest BCUT2D eigenvalue weighted by atomic mass is 35.5. The van der Waals surface area contributed by atoms with Gasteiger partial charge < -0.3 is 11.1 Å². The van der Waals surface area contributed by atoms with E-state index in [1.165, 1.54) is 11.3 Å². The fraction of sp³-hybridized carbons (Fsp3) is 0.150. The summed E-state index contributed by atoms with van der Waals surface area (Å²) < 4.78 is 0. The van der Waals surface area contributed by atoms with Crippen LogP contribution >= 0.6 is 34.5 Å². The molecule has 0 spiro atoms. The standard InChI is InChI=1S/C20H17Cl2N5S/c21-16-4-3-13(18(22)9-16)8-17(10-23)25-20-27-26-19(28-20)14-1-2-15-11-24-6-5-12(15)7-14/h1-7,9,11,17H,8,10,23H2,(H,25,27)/t17-/m1/s1. The summed E-state index contributed by atoms with van der Waals surface area (Å²) in [5, 5.41) is 17.0. The van der Waals surface area contributed by atoms with Gasteiger partial charge in [-0.2, -0.15) is 0 Å². The average Bonchev–Trinajstić information content (AvgIpc) is 3.17. The molecule has 0 amide bonds. The van der Waals surface area contributed by atoms with Gasteiger partial charge in [0.15, 0.2) is 0 Å². The Bertz CT molecular complexity index is 1110. The van der Waals surface area contributed by atoms with Crippen LogP contribution < -0.4 is 11.1 Å². The van der Waals surface area contributed by atoms with Gasteiger partial charge in [-0.25, -0.2) is 0 Å². The molecule has 2 aromatic carbocycles. The van der Waals surface area contributed by atoms with E-state index in [4.69, 9.17) is 28.9 Å². The number of halogens is 2. The van der Waals surface area contributed by atoms with Crippen molar-refractivity contribution >= 4 is 50.4 Å². The molecular weight excluding hydrogens is 413 g/mol. The number of hydrogen-bond donors (Lipinski definition) is 2. The molecule has 142 valence electrons. The lowest BCUT2D eigenvalue weighted by atomic mass is 10.1. The molecule has 1 atom stereocenters. The fourth-order valence-corrected chi connectivity index (χ4v) is 4.24. The highest BCUT2D eigenvalue weighted by Gasteiger charge is 2.14. The third-order valence-electron chi connectivity index (χ3n) is 4.41. The van der Waals surface area contributed by atoms with E-state index in [0.29, 0.717) is 23.0 Å². The Labute approximate surface area is 176 Å². The molecule has 5 nitrogen and oxygen atoms in total. The first-order chi connectivity index (χ1) is 13.6. The summed E-state index contributed by atoms with van der Waals surface area (Å²) in [5.41, 5.74) is 7.96. The van der Waals surface area contributed by atoms with Crippen molar-refractivity contribution in [1.29, 1.82) is 0 Å². The maximum Gasteiger partial charge on any atom is 0.206 e. The second-order valence-electron chi connectivity index (χ2n) is 6.37. The molecule has 8 heteroatoms. The van der Waals surface area contributed by atoms with Gasteiger partial charge in [0.2, 0.25) is 5.13 Å². The number of nitrogens with zero attached hydrogens (tertiary/aromatic N) is 3. The minimum Gasteiger partial charge on any atom is -0.356 e. The highest BCUT2D eigenvalue weighted by Crippen LogP contribution is 2.29. The number of nitrogens with one attached hydrogen (secondary N) is 1. The van der Waals surface area contributed by atoms with Crippen molar-refractivity contribution in [2.75, 3.05) is 11.9 Å². The van der Waals surface area contributed by atoms with Gasteiger partial charge in [0.1, 0.15) is 5.01 Å². The lowest BCUT2D eigenvalue weighted by Crippen LogP contribution is -2.31. The smallest absolute Gasteiger partial charge is 0.206 e. The Morgan fingerprint density at radius 1 is 1.04 bits per heavy atom. The molecule has 3 N–H and O–H groups in total.